The minimum atomic E-state index is -0.264. The standard InChI is InChI=1S/C9H6ClFN2O/c1-5-4-6(2-3-7(5)11)8-12-13-9(10)14-8/h2-4H,1H3. The summed E-state index contributed by atoms with van der Waals surface area (Å²) in [4.78, 5) is 0. The first kappa shape index (κ1) is 9.15. The van der Waals surface area contributed by atoms with E-state index >= 15 is 0 Å². The fourth-order valence-electron chi connectivity index (χ4n) is 1.10. The van der Waals surface area contributed by atoms with Gasteiger partial charge in [0.15, 0.2) is 0 Å². The van der Waals surface area contributed by atoms with E-state index in [0.717, 1.165) is 0 Å². The Balaban J connectivity index is 2.47. The molecule has 0 aliphatic rings. The van der Waals surface area contributed by atoms with E-state index < -0.39 is 0 Å². The zero-order chi connectivity index (χ0) is 10.1. The molecule has 1 aromatic heterocycles. The summed E-state index contributed by atoms with van der Waals surface area (Å²) in [5, 5.41) is 7.16. The van der Waals surface area contributed by atoms with E-state index in [1.807, 2.05) is 0 Å². The molecule has 0 spiro atoms. The predicted molar refractivity (Wildman–Crippen MR) is 49.4 cm³/mol. The van der Waals surface area contributed by atoms with Crippen molar-refractivity contribution in [3.8, 4) is 11.5 Å². The third-order valence-corrected chi connectivity index (χ3v) is 1.96. The highest BCUT2D eigenvalue weighted by atomic mass is 35.5. The third-order valence-electron chi connectivity index (χ3n) is 1.81. The second-order valence-corrected chi connectivity index (χ2v) is 3.15. The topological polar surface area (TPSA) is 38.9 Å². The van der Waals surface area contributed by atoms with Crippen LogP contribution >= 0.6 is 11.6 Å². The average molecular weight is 213 g/mol. The Morgan fingerprint density at radius 3 is 2.71 bits per heavy atom. The lowest BCUT2D eigenvalue weighted by Gasteiger charge is -1.97. The van der Waals surface area contributed by atoms with Crippen LogP contribution in [0.5, 0.6) is 0 Å². The second-order valence-electron chi connectivity index (χ2n) is 2.82. The number of nitrogens with zero attached hydrogens (tertiary/aromatic N) is 2. The lowest BCUT2D eigenvalue weighted by Crippen LogP contribution is -1.84. The summed E-state index contributed by atoms with van der Waals surface area (Å²) in [6, 6.07) is 4.54. The van der Waals surface area contributed by atoms with E-state index in [9.17, 15) is 4.39 Å². The van der Waals surface area contributed by atoms with Gasteiger partial charge in [0, 0.05) is 5.56 Å². The fraction of sp³-hybridized carbons (Fsp3) is 0.111. The molecule has 0 amide bonds. The molecule has 1 heterocycles. The van der Waals surface area contributed by atoms with Crippen molar-refractivity contribution in [2.24, 2.45) is 0 Å². The zero-order valence-corrected chi connectivity index (χ0v) is 8.05. The van der Waals surface area contributed by atoms with Gasteiger partial charge in [0.2, 0.25) is 5.89 Å². The minimum absolute atomic E-state index is 0.0259. The molecular formula is C9H6ClFN2O. The quantitative estimate of drug-likeness (QED) is 0.730. The molecule has 2 aromatic rings. The van der Waals surface area contributed by atoms with Crippen LogP contribution in [0.2, 0.25) is 5.35 Å². The van der Waals surface area contributed by atoms with Crippen LogP contribution in [0.1, 0.15) is 5.56 Å². The molecule has 0 aliphatic carbocycles. The van der Waals surface area contributed by atoms with Gasteiger partial charge in [-0.15, -0.1) is 5.10 Å². The summed E-state index contributed by atoms with van der Waals surface area (Å²) in [6.45, 7) is 1.66. The van der Waals surface area contributed by atoms with E-state index in [-0.39, 0.29) is 17.1 Å². The first-order valence-corrected chi connectivity index (χ1v) is 4.30. The van der Waals surface area contributed by atoms with Crippen molar-refractivity contribution in [1.29, 1.82) is 0 Å². The number of rotatable bonds is 1. The molecule has 0 radical (unpaired) electrons. The number of hydrogen-bond acceptors (Lipinski definition) is 3. The molecule has 0 N–H and O–H groups in total. The molecule has 0 saturated heterocycles. The van der Waals surface area contributed by atoms with Crippen LogP contribution in [0.4, 0.5) is 4.39 Å². The molecule has 3 nitrogen and oxygen atoms in total. The summed E-state index contributed by atoms with van der Waals surface area (Å²) in [6.07, 6.45) is 0. The number of hydrogen-bond donors (Lipinski definition) is 0. The van der Waals surface area contributed by atoms with Gasteiger partial charge in [0.1, 0.15) is 5.82 Å². The van der Waals surface area contributed by atoms with Gasteiger partial charge in [-0.1, -0.05) is 5.10 Å². The van der Waals surface area contributed by atoms with Crippen molar-refractivity contribution >= 4 is 11.6 Å². The van der Waals surface area contributed by atoms with Gasteiger partial charge in [-0.2, -0.15) is 0 Å². The molecule has 14 heavy (non-hydrogen) atoms. The van der Waals surface area contributed by atoms with Crippen molar-refractivity contribution in [2.45, 2.75) is 6.92 Å². The van der Waals surface area contributed by atoms with Crippen LogP contribution < -0.4 is 0 Å². The van der Waals surface area contributed by atoms with Crippen molar-refractivity contribution in [3.05, 3.63) is 34.9 Å². The summed E-state index contributed by atoms with van der Waals surface area (Å²) < 4.78 is 17.9. The molecule has 1 aromatic carbocycles. The molecule has 0 atom stereocenters. The van der Waals surface area contributed by atoms with E-state index in [2.05, 4.69) is 10.2 Å². The first-order chi connectivity index (χ1) is 6.66. The van der Waals surface area contributed by atoms with Gasteiger partial charge in [-0.3, -0.25) is 0 Å². The van der Waals surface area contributed by atoms with Crippen molar-refractivity contribution in [3.63, 3.8) is 0 Å². The summed E-state index contributed by atoms with van der Waals surface area (Å²) in [7, 11) is 0. The Bertz CT molecular complexity index is 470. The molecule has 0 aliphatic heterocycles. The Morgan fingerprint density at radius 2 is 2.14 bits per heavy atom. The van der Waals surface area contributed by atoms with Crippen LogP contribution in [-0.2, 0) is 0 Å². The summed E-state index contributed by atoms with van der Waals surface area (Å²) >= 11 is 5.47. The first-order valence-electron chi connectivity index (χ1n) is 3.92. The van der Waals surface area contributed by atoms with Gasteiger partial charge >= 0.3 is 5.35 Å². The van der Waals surface area contributed by atoms with E-state index in [0.29, 0.717) is 11.1 Å². The molecule has 2 rings (SSSR count). The maximum Gasteiger partial charge on any atom is 0.313 e. The highest BCUT2D eigenvalue weighted by Crippen LogP contribution is 2.21. The molecule has 5 heteroatoms. The van der Waals surface area contributed by atoms with Crippen molar-refractivity contribution < 1.29 is 8.81 Å². The van der Waals surface area contributed by atoms with E-state index in [1.54, 1.807) is 19.1 Å². The lowest BCUT2D eigenvalue weighted by atomic mass is 10.1. The van der Waals surface area contributed by atoms with E-state index in [1.165, 1.54) is 6.07 Å². The Hall–Kier alpha value is -1.42. The fourth-order valence-corrected chi connectivity index (χ4v) is 1.21. The molecule has 72 valence electrons. The number of benzene rings is 1. The SMILES string of the molecule is Cc1cc(-c2nnc(Cl)o2)ccc1F. The zero-order valence-electron chi connectivity index (χ0n) is 7.29. The van der Waals surface area contributed by atoms with Crippen LogP contribution in [-0.4, -0.2) is 10.2 Å². The Labute approximate surface area is 84.5 Å². The second kappa shape index (κ2) is 3.38. The van der Waals surface area contributed by atoms with Crippen molar-refractivity contribution in [1.82, 2.24) is 10.2 Å². The van der Waals surface area contributed by atoms with Crippen LogP contribution in [0.3, 0.4) is 0 Å². The largest absolute Gasteiger partial charge is 0.407 e. The van der Waals surface area contributed by atoms with Crippen LogP contribution in [0, 0.1) is 12.7 Å². The van der Waals surface area contributed by atoms with Gasteiger partial charge in [0.05, 0.1) is 0 Å². The highest BCUT2D eigenvalue weighted by Gasteiger charge is 2.08. The normalized spacial score (nSPS) is 10.5. The molecule has 0 fully saturated rings. The minimum Gasteiger partial charge on any atom is -0.407 e. The maximum absolute atomic E-state index is 12.9. The van der Waals surface area contributed by atoms with E-state index in [4.69, 9.17) is 16.0 Å². The van der Waals surface area contributed by atoms with Gasteiger partial charge < -0.3 is 4.42 Å². The monoisotopic (exact) mass is 212 g/mol. The summed E-state index contributed by atoms with van der Waals surface area (Å²) in [5.41, 5.74) is 1.18. The molecule has 0 unspecified atom stereocenters. The van der Waals surface area contributed by atoms with Crippen LogP contribution in [0.15, 0.2) is 22.6 Å². The van der Waals surface area contributed by atoms with Crippen LogP contribution in [0.25, 0.3) is 11.5 Å². The lowest BCUT2D eigenvalue weighted by molar-refractivity contribution is 0.570. The Morgan fingerprint density at radius 1 is 1.36 bits per heavy atom. The smallest absolute Gasteiger partial charge is 0.313 e. The van der Waals surface area contributed by atoms with Gasteiger partial charge in [-0.05, 0) is 42.3 Å². The molecular weight excluding hydrogens is 207 g/mol. The number of aryl methyl sites for hydroxylation is 1. The number of halogens is 2. The summed E-state index contributed by atoms with van der Waals surface area (Å²) in [5.74, 6) is 0.0254. The predicted octanol–water partition coefficient (Wildman–Crippen LogP) is 2.84. The maximum atomic E-state index is 12.9. The van der Waals surface area contributed by atoms with Crippen molar-refractivity contribution in [2.75, 3.05) is 0 Å². The third kappa shape index (κ3) is 1.61. The van der Waals surface area contributed by atoms with Gasteiger partial charge in [0.25, 0.3) is 0 Å². The average Bonchev–Trinajstić information content (AvgIpc) is 2.57. The Kier molecular flexibility index (Phi) is 2.21. The van der Waals surface area contributed by atoms with Gasteiger partial charge in [-0.25, -0.2) is 4.39 Å². The molecule has 0 bridgehead atoms. The number of aromatic nitrogens is 2. The highest BCUT2D eigenvalue weighted by molar-refractivity contribution is 6.27. The molecule has 0 saturated carbocycles.